The van der Waals surface area contributed by atoms with Gasteiger partial charge in [-0.3, -0.25) is 10.1 Å². The second kappa shape index (κ2) is 3.79. The monoisotopic (exact) mass is 227 g/mol. The molecule has 0 aliphatic carbocycles. The Morgan fingerprint density at radius 2 is 2.20 bits per heavy atom. The molecular formula is C10H10ClNO3. The van der Waals surface area contributed by atoms with Gasteiger partial charge in [0.2, 0.25) is 0 Å². The van der Waals surface area contributed by atoms with Crippen molar-refractivity contribution in [3.63, 3.8) is 0 Å². The zero-order valence-electron chi connectivity index (χ0n) is 7.98. The van der Waals surface area contributed by atoms with Gasteiger partial charge in [-0.15, -0.1) is 0 Å². The highest BCUT2D eigenvalue weighted by Gasteiger charge is 2.50. The number of ether oxygens (including phenoxy) is 1. The normalized spacial score (nSPS) is 25.4. The Morgan fingerprint density at radius 1 is 1.47 bits per heavy atom. The van der Waals surface area contributed by atoms with Gasteiger partial charge in [0, 0.05) is 0 Å². The molecule has 1 unspecified atom stereocenters. The number of benzene rings is 1. The van der Waals surface area contributed by atoms with Crippen LogP contribution in [0.3, 0.4) is 0 Å². The summed E-state index contributed by atoms with van der Waals surface area (Å²) in [4.78, 5) is 10.7. The molecule has 1 aromatic rings. The molecule has 0 aromatic heterocycles. The van der Waals surface area contributed by atoms with Gasteiger partial charge >= 0.3 is 5.72 Å². The van der Waals surface area contributed by atoms with E-state index in [1.165, 1.54) is 0 Å². The van der Waals surface area contributed by atoms with Crippen LogP contribution in [-0.4, -0.2) is 11.5 Å². The van der Waals surface area contributed by atoms with E-state index >= 15 is 0 Å². The van der Waals surface area contributed by atoms with E-state index in [1.807, 2.05) is 0 Å². The Bertz CT molecular complexity index is 388. The molecular weight excluding hydrogens is 218 g/mol. The molecule has 1 fully saturated rings. The number of nitro groups is 1. The molecule has 0 radical (unpaired) electrons. The second-order valence-corrected chi connectivity index (χ2v) is 3.88. The van der Waals surface area contributed by atoms with Crippen molar-refractivity contribution in [1.82, 2.24) is 0 Å². The summed E-state index contributed by atoms with van der Waals surface area (Å²) in [6.45, 7) is 0.409. The first-order valence-corrected chi connectivity index (χ1v) is 5.08. The smallest absolute Gasteiger partial charge is 0.311 e. The molecule has 15 heavy (non-hydrogen) atoms. The Balaban J connectivity index is 2.50. The topological polar surface area (TPSA) is 52.4 Å². The Labute approximate surface area is 92.0 Å². The van der Waals surface area contributed by atoms with Crippen LogP contribution in [0.1, 0.15) is 18.4 Å². The molecule has 0 spiro atoms. The van der Waals surface area contributed by atoms with Gasteiger partial charge in [-0.05, 0) is 18.6 Å². The van der Waals surface area contributed by atoms with Crippen molar-refractivity contribution in [3.8, 4) is 0 Å². The third-order valence-electron chi connectivity index (χ3n) is 2.59. The lowest BCUT2D eigenvalue weighted by Gasteiger charge is -2.20. The van der Waals surface area contributed by atoms with Crippen molar-refractivity contribution in [2.24, 2.45) is 0 Å². The maximum Gasteiger partial charge on any atom is 0.352 e. The first kappa shape index (κ1) is 10.4. The molecule has 0 bridgehead atoms. The van der Waals surface area contributed by atoms with Gasteiger partial charge in [0.25, 0.3) is 0 Å². The maximum atomic E-state index is 11.1. The van der Waals surface area contributed by atoms with E-state index < -0.39 is 5.72 Å². The van der Waals surface area contributed by atoms with Gasteiger partial charge < -0.3 is 4.74 Å². The summed E-state index contributed by atoms with van der Waals surface area (Å²) < 4.78 is 5.29. The van der Waals surface area contributed by atoms with Crippen LogP contribution in [0.25, 0.3) is 0 Å². The molecule has 1 aliphatic rings. The van der Waals surface area contributed by atoms with Gasteiger partial charge in [-0.1, -0.05) is 23.7 Å². The van der Waals surface area contributed by atoms with Crippen molar-refractivity contribution >= 4 is 11.6 Å². The highest BCUT2D eigenvalue weighted by Crippen LogP contribution is 2.39. The van der Waals surface area contributed by atoms with Crippen LogP contribution < -0.4 is 0 Å². The first-order chi connectivity index (χ1) is 7.17. The van der Waals surface area contributed by atoms with Crippen molar-refractivity contribution in [3.05, 3.63) is 45.0 Å². The fourth-order valence-electron chi connectivity index (χ4n) is 1.86. The van der Waals surface area contributed by atoms with E-state index in [9.17, 15) is 10.1 Å². The molecule has 1 heterocycles. The minimum atomic E-state index is -1.43. The van der Waals surface area contributed by atoms with E-state index in [0.29, 0.717) is 30.0 Å². The number of hydrogen-bond donors (Lipinski definition) is 0. The number of hydrogen-bond acceptors (Lipinski definition) is 3. The second-order valence-electron chi connectivity index (χ2n) is 3.47. The van der Waals surface area contributed by atoms with Crippen molar-refractivity contribution in [2.45, 2.75) is 18.6 Å². The van der Waals surface area contributed by atoms with Crippen molar-refractivity contribution in [1.29, 1.82) is 0 Å². The molecule has 0 amide bonds. The predicted octanol–water partition coefficient (Wildman–Crippen LogP) is 2.58. The summed E-state index contributed by atoms with van der Waals surface area (Å²) >= 11 is 5.95. The van der Waals surface area contributed by atoms with Crippen LogP contribution in [0, 0.1) is 10.1 Å². The summed E-state index contributed by atoms with van der Waals surface area (Å²) in [6, 6.07) is 6.77. The highest BCUT2D eigenvalue weighted by atomic mass is 35.5. The van der Waals surface area contributed by atoms with Gasteiger partial charge in [0.05, 0.1) is 28.5 Å². The van der Waals surface area contributed by atoms with Crippen molar-refractivity contribution < 1.29 is 9.66 Å². The lowest BCUT2D eigenvalue weighted by Crippen LogP contribution is -2.34. The minimum Gasteiger partial charge on any atom is -0.311 e. The van der Waals surface area contributed by atoms with E-state index in [-0.39, 0.29) is 4.92 Å². The molecule has 5 heteroatoms. The van der Waals surface area contributed by atoms with Gasteiger partial charge in [0.1, 0.15) is 0 Å². The lowest BCUT2D eigenvalue weighted by atomic mass is 10.0. The average molecular weight is 228 g/mol. The number of rotatable bonds is 2. The largest absolute Gasteiger partial charge is 0.352 e. The molecule has 0 saturated carbocycles. The van der Waals surface area contributed by atoms with Gasteiger partial charge in [0.15, 0.2) is 0 Å². The Morgan fingerprint density at radius 3 is 2.73 bits per heavy atom. The van der Waals surface area contributed by atoms with Crippen LogP contribution in [-0.2, 0) is 10.5 Å². The Kier molecular flexibility index (Phi) is 2.63. The van der Waals surface area contributed by atoms with Crippen LogP contribution in [0.2, 0.25) is 5.02 Å². The van der Waals surface area contributed by atoms with Crippen LogP contribution in [0.15, 0.2) is 24.3 Å². The highest BCUT2D eigenvalue weighted by molar-refractivity contribution is 6.31. The van der Waals surface area contributed by atoms with Crippen LogP contribution in [0.4, 0.5) is 0 Å². The fraction of sp³-hybridized carbons (Fsp3) is 0.400. The summed E-state index contributed by atoms with van der Waals surface area (Å²) in [5, 5.41) is 11.5. The zero-order chi connectivity index (χ0) is 10.9. The SMILES string of the molecule is O=[N+]([O-])C1(c2ccccc2Cl)CCCO1. The van der Waals surface area contributed by atoms with Gasteiger partial charge in [-0.2, -0.15) is 0 Å². The molecule has 0 N–H and O–H groups in total. The fourth-order valence-corrected chi connectivity index (χ4v) is 2.14. The third kappa shape index (κ3) is 1.60. The van der Waals surface area contributed by atoms with Gasteiger partial charge in [-0.25, -0.2) is 0 Å². The third-order valence-corrected chi connectivity index (χ3v) is 2.92. The summed E-state index contributed by atoms with van der Waals surface area (Å²) in [5.74, 6) is 0. The summed E-state index contributed by atoms with van der Waals surface area (Å²) in [7, 11) is 0. The molecule has 1 aromatic carbocycles. The van der Waals surface area contributed by atoms with Crippen molar-refractivity contribution in [2.75, 3.05) is 6.61 Å². The summed E-state index contributed by atoms with van der Waals surface area (Å²) in [5.41, 5.74) is -0.979. The van der Waals surface area contributed by atoms with E-state index in [2.05, 4.69) is 0 Å². The van der Waals surface area contributed by atoms with E-state index in [1.54, 1.807) is 24.3 Å². The standard InChI is InChI=1S/C10H10ClNO3/c11-9-5-2-1-4-8(9)10(12(13)14)6-3-7-15-10/h1-2,4-5H,3,6-7H2. The number of nitrogens with zero attached hydrogens (tertiary/aromatic N) is 1. The molecule has 2 rings (SSSR count). The zero-order valence-corrected chi connectivity index (χ0v) is 8.74. The lowest BCUT2D eigenvalue weighted by molar-refractivity contribution is -0.634. The quantitative estimate of drug-likeness (QED) is 0.576. The molecule has 1 aliphatic heterocycles. The summed E-state index contributed by atoms with van der Waals surface area (Å²) in [6.07, 6.45) is 1.07. The van der Waals surface area contributed by atoms with Crippen LogP contribution in [0.5, 0.6) is 0 Å². The molecule has 1 saturated heterocycles. The average Bonchev–Trinajstić information content (AvgIpc) is 2.68. The first-order valence-electron chi connectivity index (χ1n) is 4.70. The molecule has 4 nitrogen and oxygen atoms in total. The minimum absolute atomic E-state index is 0.379. The van der Waals surface area contributed by atoms with E-state index in [0.717, 1.165) is 0 Å². The Hall–Kier alpha value is -1.13. The molecule has 1 atom stereocenters. The van der Waals surface area contributed by atoms with E-state index in [4.69, 9.17) is 16.3 Å². The number of halogens is 1. The van der Waals surface area contributed by atoms with Crippen LogP contribution >= 0.6 is 11.6 Å². The predicted molar refractivity (Wildman–Crippen MR) is 55.3 cm³/mol. The maximum absolute atomic E-state index is 11.1. The molecule has 80 valence electrons.